The normalized spacial score (nSPS) is 10.8. The molecule has 0 saturated carbocycles. The van der Waals surface area contributed by atoms with Gasteiger partial charge in [-0.25, -0.2) is 4.98 Å². The molecular weight excluding hydrogens is 242 g/mol. The molecule has 0 bridgehead atoms. The van der Waals surface area contributed by atoms with Crippen LogP contribution < -0.4 is 16.0 Å². The lowest BCUT2D eigenvalue weighted by Gasteiger charge is -2.08. The van der Waals surface area contributed by atoms with Gasteiger partial charge in [0.25, 0.3) is 5.56 Å². The zero-order valence-electron chi connectivity index (χ0n) is 9.31. The predicted molar refractivity (Wildman–Crippen MR) is 66.6 cm³/mol. The Morgan fingerprint density at radius 2 is 2.29 bits per heavy atom. The minimum atomic E-state index is -0.187. The third kappa shape index (κ3) is 2.11. The number of aromatic nitrogens is 2. The maximum absolute atomic E-state index is 12.1. The molecule has 0 aliphatic carbocycles. The monoisotopic (exact) mass is 253 g/mol. The van der Waals surface area contributed by atoms with Crippen LogP contribution in [0.4, 0.5) is 0 Å². The second kappa shape index (κ2) is 4.73. The largest absolute Gasteiger partial charge is 0.497 e. The van der Waals surface area contributed by atoms with Gasteiger partial charge in [-0.2, -0.15) is 0 Å². The lowest BCUT2D eigenvalue weighted by atomic mass is 10.2. The predicted octanol–water partition coefficient (Wildman–Crippen LogP) is 1.02. The number of benzene rings is 1. The molecule has 1 aromatic heterocycles. The fourth-order valence-corrected chi connectivity index (χ4v) is 1.88. The average Bonchev–Trinajstić information content (AvgIpc) is 2.33. The van der Waals surface area contributed by atoms with Crippen LogP contribution >= 0.6 is 11.6 Å². The van der Waals surface area contributed by atoms with E-state index in [2.05, 4.69) is 4.98 Å². The first-order valence-electron chi connectivity index (χ1n) is 5.11. The van der Waals surface area contributed by atoms with E-state index >= 15 is 0 Å². The second-order valence-corrected chi connectivity index (χ2v) is 3.85. The number of halogens is 1. The van der Waals surface area contributed by atoms with Crippen molar-refractivity contribution in [3.63, 3.8) is 0 Å². The number of fused-ring (bicyclic) bond motifs is 1. The quantitative estimate of drug-likeness (QED) is 0.829. The van der Waals surface area contributed by atoms with Gasteiger partial charge in [0.05, 0.1) is 18.0 Å². The maximum Gasteiger partial charge on any atom is 0.262 e. The minimum absolute atomic E-state index is 0.140. The van der Waals surface area contributed by atoms with Crippen molar-refractivity contribution in [3.8, 4) is 5.75 Å². The molecule has 0 atom stereocenters. The Bertz CT molecular complexity index is 609. The first-order valence-corrected chi connectivity index (χ1v) is 5.49. The van der Waals surface area contributed by atoms with Crippen LogP contribution in [0.2, 0.25) is 5.28 Å². The van der Waals surface area contributed by atoms with E-state index in [4.69, 9.17) is 22.1 Å². The molecule has 0 unspecified atom stereocenters. The van der Waals surface area contributed by atoms with E-state index in [1.54, 1.807) is 25.3 Å². The van der Waals surface area contributed by atoms with Gasteiger partial charge in [0.15, 0.2) is 0 Å². The molecule has 0 aliphatic rings. The molecule has 1 heterocycles. The summed E-state index contributed by atoms with van der Waals surface area (Å²) in [7, 11) is 1.55. The van der Waals surface area contributed by atoms with Crippen molar-refractivity contribution < 1.29 is 4.74 Å². The van der Waals surface area contributed by atoms with Crippen molar-refractivity contribution in [3.05, 3.63) is 33.8 Å². The Balaban J connectivity index is 2.72. The van der Waals surface area contributed by atoms with E-state index in [1.807, 2.05) is 0 Å². The fraction of sp³-hybridized carbons (Fsp3) is 0.273. The fourth-order valence-electron chi connectivity index (χ4n) is 1.62. The van der Waals surface area contributed by atoms with E-state index in [0.717, 1.165) is 0 Å². The highest BCUT2D eigenvalue weighted by Crippen LogP contribution is 2.18. The van der Waals surface area contributed by atoms with Crippen LogP contribution in [0.25, 0.3) is 10.9 Å². The van der Waals surface area contributed by atoms with Crippen LogP contribution in [0, 0.1) is 0 Å². The highest BCUT2D eigenvalue weighted by molar-refractivity contribution is 6.28. The standard InChI is InChI=1S/C11H12ClN3O2/c1-17-7-2-3-8-9(6-7)14-11(12)15(5-4-13)10(8)16/h2-3,6H,4-5,13H2,1H3. The molecule has 0 saturated heterocycles. The average molecular weight is 254 g/mol. The van der Waals surface area contributed by atoms with Crippen molar-refractivity contribution >= 4 is 22.5 Å². The molecule has 0 aliphatic heterocycles. The highest BCUT2D eigenvalue weighted by Gasteiger charge is 2.09. The van der Waals surface area contributed by atoms with Crippen molar-refractivity contribution in [1.29, 1.82) is 0 Å². The third-order valence-corrected chi connectivity index (χ3v) is 2.76. The third-order valence-electron chi connectivity index (χ3n) is 2.47. The summed E-state index contributed by atoms with van der Waals surface area (Å²) in [5.41, 5.74) is 5.76. The zero-order chi connectivity index (χ0) is 12.4. The number of nitrogens with two attached hydrogens (primary N) is 1. The van der Waals surface area contributed by atoms with Gasteiger partial charge in [-0.15, -0.1) is 0 Å². The SMILES string of the molecule is COc1ccc2c(=O)n(CCN)c(Cl)nc2c1. The molecule has 0 spiro atoms. The van der Waals surface area contributed by atoms with Gasteiger partial charge in [-0.05, 0) is 23.7 Å². The van der Waals surface area contributed by atoms with Gasteiger partial charge < -0.3 is 10.5 Å². The molecule has 1 aromatic carbocycles. The summed E-state index contributed by atoms with van der Waals surface area (Å²) in [5.74, 6) is 0.636. The van der Waals surface area contributed by atoms with Gasteiger partial charge in [-0.3, -0.25) is 9.36 Å². The number of ether oxygens (including phenoxy) is 1. The molecule has 5 nitrogen and oxygen atoms in total. The summed E-state index contributed by atoms with van der Waals surface area (Å²) in [6, 6.07) is 5.06. The topological polar surface area (TPSA) is 70.1 Å². The van der Waals surface area contributed by atoms with Crippen molar-refractivity contribution in [2.24, 2.45) is 5.73 Å². The van der Waals surface area contributed by atoms with Gasteiger partial charge in [0.2, 0.25) is 5.28 Å². The van der Waals surface area contributed by atoms with E-state index < -0.39 is 0 Å². The summed E-state index contributed by atoms with van der Waals surface area (Å²) in [6.07, 6.45) is 0. The maximum atomic E-state index is 12.1. The molecule has 0 amide bonds. The first kappa shape index (κ1) is 11.9. The minimum Gasteiger partial charge on any atom is -0.497 e. The molecule has 2 rings (SSSR count). The van der Waals surface area contributed by atoms with Crippen molar-refractivity contribution in [2.45, 2.75) is 6.54 Å². The van der Waals surface area contributed by atoms with Crippen LogP contribution in [-0.2, 0) is 6.54 Å². The summed E-state index contributed by atoms with van der Waals surface area (Å²) in [4.78, 5) is 16.2. The van der Waals surface area contributed by atoms with Crippen LogP contribution in [0.1, 0.15) is 0 Å². The Morgan fingerprint density at radius 3 is 2.94 bits per heavy atom. The summed E-state index contributed by atoms with van der Waals surface area (Å²) in [6.45, 7) is 0.690. The van der Waals surface area contributed by atoms with Gasteiger partial charge in [0, 0.05) is 19.2 Å². The number of rotatable bonds is 3. The van der Waals surface area contributed by atoms with Gasteiger partial charge in [-0.1, -0.05) is 0 Å². The van der Waals surface area contributed by atoms with Crippen molar-refractivity contribution in [2.75, 3.05) is 13.7 Å². The van der Waals surface area contributed by atoms with Crippen LogP contribution in [0.5, 0.6) is 5.75 Å². The van der Waals surface area contributed by atoms with Crippen LogP contribution in [-0.4, -0.2) is 23.2 Å². The molecule has 0 fully saturated rings. The Hall–Kier alpha value is -1.59. The van der Waals surface area contributed by atoms with Crippen LogP contribution in [0.15, 0.2) is 23.0 Å². The second-order valence-electron chi connectivity index (χ2n) is 3.51. The Labute approximate surface area is 103 Å². The molecule has 90 valence electrons. The summed E-state index contributed by atoms with van der Waals surface area (Å²) < 4.78 is 6.43. The molecule has 17 heavy (non-hydrogen) atoms. The molecule has 2 N–H and O–H groups in total. The number of hydrogen-bond acceptors (Lipinski definition) is 4. The molecule has 0 radical (unpaired) electrons. The Kier molecular flexibility index (Phi) is 3.31. The van der Waals surface area contributed by atoms with E-state index in [0.29, 0.717) is 29.7 Å². The van der Waals surface area contributed by atoms with E-state index in [9.17, 15) is 4.79 Å². The van der Waals surface area contributed by atoms with Crippen LogP contribution in [0.3, 0.4) is 0 Å². The number of nitrogens with zero attached hydrogens (tertiary/aromatic N) is 2. The highest BCUT2D eigenvalue weighted by atomic mass is 35.5. The smallest absolute Gasteiger partial charge is 0.262 e. The number of hydrogen-bond donors (Lipinski definition) is 1. The Morgan fingerprint density at radius 1 is 1.53 bits per heavy atom. The summed E-state index contributed by atoms with van der Waals surface area (Å²) in [5, 5.41) is 0.643. The number of methoxy groups -OCH3 is 1. The lowest BCUT2D eigenvalue weighted by Crippen LogP contribution is -2.25. The lowest BCUT2D eigenvalue weighted by molar-refractivity contribution is 0.415. The first-order chi connectivity index (χ1) is 8.17. The van der Waals surface area contributed by atoms with Crippen molar-refractivity contribution in [1.82, 2.24) is 9.55 Å². The molecular formula is C11H12ClN3O2. The van der Waals surface area contributed by atoms with Gasteiger partial charge in [0.1, 0.15) is 5.75 Å². The summed E-state index contributed by atoms with van der Waals surface area (Å²) >= 11 is 5.94. The van der Waals surface area contributed by atoms with Gasteiger partial charge >= 0.3 is 0 Å². The zero-order valence-corrected chi connectivity index (χ0v) is 10.1. The molecule has 6 heteroatoms. The molecule has 2 aromatic rings. The van der Waals surface area contributed by atoms with E-state index in [-0.39, 0.29) is 10.8 Å². The van der Waals surface area contributed by atoms with E-state index in [1.165, 1.54) is 4.57 Å².